The standard InChI is InChI=1S/C21H14N2O3.C16H12N2O3/c22-15-10-4-8-13-17(15)19(24)14-9-5-11-16(18(14)20(13)25)23-21(26)12-6-2-1-3-7-12;1-8(19)18-12-7-3-5-10-14(12)16(21)9-4-2-6-11(17)13(9)15(10)20/h1-11H,22H2,(H,23,26);2-7H,17H2,1H3,(H,18,19). The summed E-state index contributed by atoms with van der Waals surface area (Å²) in [4.78, 5) is 74.8. The Hall–Kier alpha value is -6.68. The second-order valence-electron chi connectivity index (χ2n) is 10.8. The molecule has 2 aliphatic rings. The van der Waals surface area contributed by atoms with Crippen molar-refractivity contribution < 1.29 is 28.8 Å². The maximum Gasteiger partial charge on any atom is 0.255 e. The predicted octanol–water partition coefficient (Wildman–Crippen LogP) is 5.30. The van der Waals surface area contributed by atoms with Gasteiger partial charge in [0.2, 0.25) is 5.91 Å². The third-order valence-corrected chi connectivity index (χ3v) is 7.80. The molecule has 10 nitrogen and oxygen atoms in total. The summed E-state index contributed by atoms with van der Waals surface area (Å²) in [5.41, 5.74) is 15.3. The first-order valence-corrected chi connectivity index (χ1v) is 14.4. The Bertz CT molecular complexity index is 2190. The number of hydrogen-bond acceptors (Lipinski definition) is 8. The second kappa shape index (κ2) is 12.0. The molecule has 0 aliphatic heterocycles. The third kappa shape index (κ3) is 5.33. The van der Waals surface area contributed by atoms with Gasteiger partial charge in [0, 0.05) is 46.1 Å². The molecule has 2 amide bonds. The zero-order valence-corrected chi connectivity index (χ0v) is 24.9. The van der Waals surface area contributed by atoms with Gasteiger partial charge in [0.05, 0.1) is 33.6 Å². The number of benzene rings is 5. The lowest BCUT2D eigenvalue weighted by molar-refractivity contribution is -0.114. The molecule has 230 valence electrons. The number of fused-ring (bicyclic) bond motifs is 4. The molecule has 6 N–H and O–H groups in total. The minimum Gasteiger partial charge on any atom is -0.398 e. The number of rotatable bonds is 3. The second-order valence-corrected chi connectivity index (χ2v) is 10.8. The number of anilines is 4. The van der Waals surface area contributed by atoms with Gasteiger partial charge in [-0.1, -0.05) is 66.7 Å². The highest BCUT2D eigenvalue weighted by Crippen LogP contribution is 2.36. The van der Waals surface area contributed by atoms with Crippen LogP contribution in [0.1, 0.15) is 81.0 Å². The van der Waals surface area contributed by atoms with Gasteiger partial charge in [-0.2, -0.15) is 0 Å². The zero-order chi connectivity index (χ0) is 33.4. The zero-order valence-electron chi connectivity index (χ0n) is 24.9. The van der Waals surface area contributed by atoms with Crippen molar-refractivity contribution in [3.8, 4) is 0 Å². The number of hydrogen-bond donors (Lipinski definition) is 4. The van der Waals surface area contributed by atoms with Crippen molar-refractivity contribution in [2.24, 2.45) is 0 Å². The molecule has 0 unspecified atom stereocenters. The normalized spacial score (nSPS) is 12.4. The number of nitrogens with two attached hydrogens (primary N) is 2. The maximum atomic E-state index is 13.0. The minimum absolute atomic E-state index is 0.194. The Morgan fingerprint density at radius 3 is 1.30 bits per heavy atom. The third-order valence-electron chi connectivity index (χ3n) is 7.80. The van der Waals surface area contributed by atoms with Crippen LogP contribution in [-0.2, 0) is 4.79 Å². The van der Waals surface area contributed by atoms with E-state index in [1.807, 2.05) is 6.07 Å². The van der Waals surface area contributed by atoms with Gasteiger partial charge in [-0.05, 0) is 36.4 Å². The molecule has 0 saturated heterocycles. The van der Waals surface area contributed by atoms with Crippen LogP contribution >= 0.6 is 0 Å². The quantitative estimate of drug-likeness (QED) is 0.192. The predicted molar refractivity (Wildman–Crippen MR) is 177 cm³/mol. The molecule has 0 radical (unpaired) electrons. The molecular weight excluding hydrogens is 596 g/mol. The monoisotopic (exact) mass is 622 g/mol. The molecule has 0 spiro atoms. The summed E-state index contributed by atoms with van der Waals surface area (Å²) >= 11 is 0. The average Bonchev–Trinajstić information content (AvgIpc) is 3.06. The molecule has 47 heavy (non-hydrogen) atoms. The fourth-order valence-corrected chi connectivity index (χ4v) is 5.72. The van der Waals surface area contributed by atoms with Crippen LogP contribution in [-0.4, -0.2) is 34.9 Å². The fourth-order valence-electron chi connectivity index (χ4n) is 5.72. The van der Waals surface area contributed by atoms with Crippen molar-refractivity contribution in [2.75, 3.05) is 22.1 Å². The van der Waals surface area contributed by atoms with Gasteiger partial charge in [0.15, 0.2) is 23.1 Å². The van der Waals surface area contributed by atoms with Gasteiger partial charge >= 0.3 is 0 Å². The topological polar surface area (TPSA) is 179 Å². The molecule has 0 aromatic heterocycles. The molecule has 0 bridgehead atoms. The van der Waals surface area contributed by atoms with E-state index < -0.39 is 0 Å². The number of amides is 2. The summed E-state index contributed by atoms with van der Waals surface area (Å²) in [7, 11) is 0. The van der Waals surface area contributed by atoms with E-state index in [2.05, 4.69) is 10.6 Å². The Labute approximate surface area is 268 Å². The van der Waals surface area contributed by atoms with E-state index in [0.29, 0.717) is 16.9 Å². The van der Waals surface area contributed by atoms with Crippen molar-refractivity contribution in [1.29, 1.82) is 0 Å². The van der Waals surface area contributed by atoms with Crippen LogP contribution in [0, 0.1) is 0 Å². The fraction of sp³-hybridized carbons (Fsp3) is 0.0270. The molecule has 5 aromatic rings. The highest BCUT2D eigenvalue weighted by atomic mass is 16.2. The van der Waals surface area contributed by atoms with E-state index in [1.165, 1.54) is 6.92 Å². The minimum atomic E-state index is -0.349. The van der Waals surface area contributed by atoms with Crippen LogP contribution in [0.4, 0.5) is 22.7 Å². The molecule has 0 saturated carbocycles. The maximum absolute atomic E-state index is 13.0. The smallest absolute Gasteiger partial charge is 0.255 e. The summed E-state index contributed by atoms with van der Waals surface area (Å²) in [6.07, 6.45) is 0. The lowest BCUT2D eigenvalue weighted by atomic mass is 9.82. The van der Waals surface area contributed by atoms with Crippen molar-refractivity contribution in [3.05, 3.63) is 153 Å². The first-order valence-electron chi connectivity index (χ1n) is 14.4. The Morgan fingerprint density at radius 2 is 0.851 bits per heavy atom. The summed E-state index contributed by atoms with van der Waals surface area (Å²) in [5.74, 6) is -1.91. The van der Waals surface area contributed by atoms with Gasteiger partial charge in [-0.15, -0.1) is 0 Å². The molecule has 10 heteroatoms. The summed E-state index contributed by atoms with van der Waals surface area (Å²) in [6.45, 7) is 1.35. The molecule has 0 atom stereocenters. The SMILES string of the molecule is CC(=O)Nc1cccc2c1C(=O)c1cccc(N)c1C2=O.Nc1cccc2c1C(=O)c1cccc(NC(=O)c3ccccc3)c1C2=O. The number of nitrogen functional groups attached to an aromatic ring is 2. The van der Waals surface area contributed by atoms with E-state index in [9.17, 15) is 28.8 Å². The first kappa shape index (κ1) is 30.4. The van der Waals surface area contributed by atoms with E-state index in [1.54, 1.807) is 97.1 Å². The summed E-state index contributed by atoms with van der Waals surface area (Å²) in [5, 5.41) is 5.33. The van der Waals surface area contributed by atoms with Gasteiger partial charge in [-0.3, -0.25) is 28.8 Å². The number of carbonyl (C=O) groups is 6. The number of ketones is 4. The highest BCUT2D eigenvalue weighted by molar-refractivity contribution is 6.33. The average molecular weight is 623 g/mol. The highest BCUT2D eigenvalue weighted by Gasteiger charge is 2.34. The van der Waals surface area contributed by atoms with E-state index >= 15 is 0 Å². The van der Waals surface area contributed by atoms with Crippen molar-refractivity contribution in [1.82, 2.24) is 0 Å². The molecule has 2 aliphatic carbocycles. The van der Waals surface area contributed by atoms with E-state index in [0.717, 1.165) is 0 Å². The van der Waals surface area contributed by atoms with Gasteiger partial charge < -0.3 is 22.1 Å². The molecule has 5 aromatic carbocycles. The van der Waals surface area contributed by atoms with Crippen molar-refractivity contribution in [2.45, 2.75) is 6.92 Å². The number of carbonyl (C=O) groups excluding carboxylic acids is 6. The van der Waals surface area contributed by atoms with Gasteiger partial charge in [0.25, 0.3) is 5.91 Å². The van der Waals surface area contributed by atoms with E-state index in [4.69, 9.17) is 11.5 Å². The van der Waals surface area contributed by atoms with Crippen LogP contribution in [0.5, 0.6) is 0 Å². The Morgan fingerprint density at radius 1 is 0.468 bits per heavy atom. The molecular formula is C37H26N4O6. The number of nitrogens with one attached hydrogen (secondary N) is 2. The van der Waals surface area contributed by atoms with Gasteiger partial charge in [0.1, 0.15) is 0 Å². The lowest BCUT2D eigenvalue weighted by Gasteiger charge is -2.21. The van der Waals surface area contributed by atoms with Crippen LogP contribution in [0.2, 0.25) is 0 Å². The van der Waals surface area contributed by atoms with Crippen LogP contribution in [0.3, 0.4) is 0 Å². The van der Waals surface area contributed by atoms with Crippen LogP contribution < -0.4 is 22.1 Å². The largest absolute Gasteiger partial charge is 0.398 e. The van der Waals surface area contributed by atoms with Crippen LogP contribution in [0.25, 0.3) is 0 Å². The van der Waals surface area contributed by atoms with E-state index in [-0.39, 0.29) is 90.8 Å². The van der Waals surface area contributed by atoms with Crippen molar-refractivity contribution >= 4 is 57.7 Å². The Balaban J connectivity index is 0.000000168. The van der Waals surface area contributed by atoms with Gasteiger partial charge in [-0.25, -0.2) is 0 Å². The lowest BCUT2D eigenvalue weighted by Crippen LogP contribution is -2.25. The summed E-state index contributed by atoms with van der Waals surface area (Å²) in [6, 6.07) is 27.9. The van der Waals surface area contributed by atoms with Crippen LogP contribution in [0.15, 0.2) is 103 Å². The van der Waals surface area contributed by atoms with Crippen molar-refractivity contribution in [3.63, 3.8) is 0 Å². The molecule has 0 fully saturated rings. The Kier molecular flexibility index (Phi) is 7.76. The first-order chi connectivity index (χ1) is 22.6. The summed E-state index contributed by atoms with van der Waals surface area (Å²) < 4.78 is 0. The molecule has 0 heterocycles. The molecule has 7 rings (SSSR count).